The molecule has 1 unspecified atom stereocenters. The highest BCUT2D eigenvalue weighted by Gasteiger charge is 2.32. The third-order valence-electron chi connectivity index (χ3n) is 4.76. The lowest BCUT2D eigenvalue weighted by Crippen LogP contribution is -2.27. The summed E-state index contributed by atoms with van der Waals surface area (Å²) in [5.74, 6) is 0.405. The maximum absolute atomic E-state index is 13.9. The molecule has 150 valence electrons. The summed E-state index contributed by atoms with van der Waals surface area (Å²) >= 11 is 0. The Labute approximate surface area is 171 Å². The molecule has 1 heterocycles. The molecule has 6 heteroatoms. The molecule has 1 fully saturated rings. The van der Waals surface area contributed by atoms with Gasteiger partial charge in [-0.05, 0) is 42.3 Å². The lowest BCUT2D eigenvalue weighted by molar-refractivity contribution is 0.256. The van der Waals surface area contributed by atoms with Crippen LogP contribution in [0.1, 0.15) is 12.5 Å². The largest absolute Gasteiger partial charge is 0.489 e. The van der Waals surface area contributed by atoms with Gasteiger partial charge in [0.25, 0.3) is 10.0 Å². The van der Waals surface area contributed by atoms with E-state index in [2.05, 4.69) is 0 Å². The van der Waals surface area contributed by atoms with Gasteiger partial charge in [-0.2, -0.15) is 0 Å². The topological polar surface area (TPSA) is 59.1 Å². The van der Waals surface area contributed by atoms with Gasteiger partial charge in [0.05, 0.1) is 18.0 Å². The average molecular weight is 410 g/mol. The molecule has 3 aromatic rings. The standard InChI is InChI=1S/C23H23NO4S/c1-2-18-10-9-15-22(23(18)28-17-21-16-27-21)29(25,26)24(19-11-5-3-6-12-19)20-13-7-4-8-14-20/h3-15,21H,2,16-17H2,1H3. The molecule has 0 saturated carbocycles. The van der Waals surface area contributed by atoms with E-state index < -0.39 is 10.0 Å². The number of aryl methyl sites for hydroxylation is 1. The quantitative estimate of drug-likeness (QED) is 0.512. The summed E-state index contributed by atoms with van der Waals surface area (Å²) < 4.78 is 40.3. The molecule has 4 rings (SSSR count). The summed E-state index contributed by atoms with van der Waals surface area (Å²) in [7, 11) is -3.93. The second-order valence-electron chi connectivity index (χ2n) is 6.80. The van der Waals surface area contributed by atoms with E-state index in [1.54, 1.807) is 36.4 Å². The highest BCUT2D eigenvalue weighted by Crippen LogP contribution is 2.37. The van der Waals surface area contributed by atoms with Gasteiger partial charge in [0.1, 0.15) is 23.4 Å². The van der Waals surface area contributed by atoms with Crippen LogP contribution < -0.4 is 9.04 Å². The number of benzene rings is 3. The van der Waals surface area contributed by atoms with Crippen molar-refractivity contribution in [3.05, 3.63) is 84.4 Å². The predicted molar refractivity (Wildman–Crippen MR) is 113 cm³/mol. The van der Waals surface area contributed by atoms with E-state index in [4.69, 9.17) is 9.47 Å². The van der Waals surface area contributed by atoms with Crippen molar-refractivity contribution in [2.75, 3.05) is 17.5 Å². The van der Waals surface area contributed by atoms with E-state index >= 15 is 0 Å². The van der Waals surface area contributed by atoms with E-state index in [1.807, 2.05) is 49.4 Å². The lowest BCUT2D eigenvalue weighted by atomic mass is 10.1. The van der Waals surface area contributed by atoms with Gasteiger partial charge in [-0.3, -0.25) is 0 Å². The first-order valence-electron chi connectivity index (χ1n) is 9.63. The van der Waals surface area contributed by atoms with Crippen LogP contribution in [0.15, 0.2) is 83.8 Å². The summed E-state index contributed by atoms with van der Waals surface area (Å²) in [5, 5.41) is 0. The van der Waals surface area contributed by atoms with Crippen LogP contribution in [-0.2, 0) is 21.2 Å². The molecule has 0 radical (unpaired) electrons. The van der Waals surface area contributed by atoms with Crippen molar-refractivity contribution in [3.8, 4) is 5.75 Å². The smallest absolute Gasteiger partial charge is 0.272 e. The molecule has 5 nitrogen and oxygen atoms in total. The van der Waals surface area contributed by atoms with Crippen LogP contribution in [0.4, 0.5) is 11.4 Å². The number of sulfonamides is 1. The van der Waals surface area contributed by atoms with Gasteiger partial charge in [0.2, 0.25) is 0 Å². The average Bonchev–Trinajstić information content (AvgIpc) is 3.58. The lowest BCUT2D eigenvalue weighted by Gasteiger charge is -2.26. The first kappa shape index (κ1) is 19.5. The van der Waals surface area contributed by atoms with Crippen molar-refractivity contribution in [3.63, 3.8) is 0 Å². The third kappa shape index (κ3) is 4.13. The Morgan fingerprint density at radius 3 is 2.03 bits per heavy atom. The predicted octanol–water partition coefficient (Wildman–Crippen LogP) is 4.55. The van der Waals surface area contributed by atoms with Gasteiger partial charge < -0.3 is 9.47 Å². The molecule has 0 aliphatic carbocycles. The van der Waals surface area contributed by atoms with Gasteiger partial charge in [0, 0.05) is 0 Å². The van der Waals surface area contributed by atoms with Crippen molar-refractivity contribution < 1.29 is 17.9 Å². The molecule has 0 amide bonds. The molecular weight excluding hydrogens is 386 g/mol. The molecule has 0 aromatic heterocycles. The minimum Gasteiger partial charge on any atom is -0.489 e. The number of ether oxygens (including phenoxy) is 2. The fraction of sp³-hybridized carbons (Fsp3) is 0.217. The summed E-state index contributed by atoms with van der Waals surface area (Å²) in [5.41, 5.74) is 1.99. The molecule has 1 aliphatic rings. The van der Waals surface area contributed by atoms with Crippen molar-refractivity contribution in [1.29, 1.82) is 0 Å². The molecule has 1 saturated heterocycles. The van der Waals surface area contributed by atoms with Crippen LogP contribution in [0.5, 0.6) is 5.75 Å². The van der Waals surface area contributed by atoms with Crippen molar-refractivity contribution in [2.24, 2.45) is 0 Å². The fourth-order valence-corrected chi connectivity index (χ4v) is 4.87. The molecule has 1 atom stereocenters. The maximum Gasteiger partial charge on any atom is 0.272 e. The Kier molecular flexibility index (Phi) is 5.56. The molecule has 3 aromatic carbocycles. The SMILES string of the molecule is CCc1cccc(S(=O)(=O)N(c2ccccc2)c2ccccc2)c1OCC1CO1. The van der Waals surface area contributed by atoms with Crippen LogP contribution in [-0.4, -0.2) is 27.7 Å². The van der Waals surface area contributed by atoms with Gasteiger partial charge >= 0.3 is 0 Å². The summed E-state index contributed by atoms with van der Waals surface area (Å²) in [4.78, 5) is 0.158. The fourth-order valence-electron chi connectivity index (χ4n) is 3.20. The van der Waals surface area contributed by atoms with E-state index in [9.17, 15) is 8.42 Å². The summed E-state index contributed by atoms with van der Waals surface area (Å²) in [6, 6.07) is 23.4. The Balaban J connectivity index is 1.85. The van der Waals surface area contributed by atoms with E-state index in [0.29, 0.717) is 36.8 Å². The Hall–Kier alpha value is -2.83. The van der Waals surface area contributed by atoms with E-state index in [0.717, 1.165) is 5.56 Å². The number of hydrogen-bond donors (Lipinski definition) is 0. The summed E-state index contributed by atoms with van der Waals surface area (Å²) in [6.07, 6.45) is 0.704. The first-order chi connectivity index (χ1) is 14.1. The van der Waals surface area contributed by atoms with Crippen molar-refractivity contribution in [1.82, 2.24) is 0 Å². The van der Waals surface area contributed by atoms with Crippen molar-refractivity contribution in [2.45, 2.75) is 24.3 Å². The molecule has 1 aliphatic heterocycles. The minimum absolute atomic E-state index is 0.0369. The van der Waals surface area contributed by atoms with Crippen LogP contribution >= 0.6 is 0 Å². The van der Waals surface area contributed by atoms with Gasteiger partial charge in [0.15, 0.2) is 0 Å². The van der Waals surface area contributed by atoms with E-state index in [1.165, 1.54) is 4.31 Å². The highest BCUT2D eigenvalue weighted by molar-refractivity contribution is 7.93. The normalized spacial score (nSPS) is 15.7. The number of epoxide rings is 1. The van der Waals surface area contributed by atoms with Crippen LogP contribution in [0, 0.1) is 0 Å². The van der Waals surface area contributed by atoms with Gasteiger partial charge in [-0.15, -0.1) is 0 Å². The molecule has 0 N–H and O–H groups in total. The zero-order valence-corrected chi connectivity index (χ0v) is 17.0. The molecule has 0 bridgehead atoms. The molecular formula is C23H23NO4S. The maximum atomic E-state index is 13.9. The Morgan fingerprint density at radius 1 is 0.931 bits per heavy atom. The van der Waals surface area contributed by atoms with Crippen molar-refractivity contribution >= 4 is 21.4 Å². The highest BCUT2D eigenvalue weighted by atomic mass is 32.2. The number of rotatable bonds is 8. The number of anilines is 2. The number of para-hydroxylation sites is 3. The van der Waals surface area contributed by atoms with E-state index in [-0.39, 0.29) is 11.0 Å². The first-order valence-corrected chi connectivity index (χ1v) is 11.1. The number of nitrogens with zero attached hydrogens (tertiary/aromatic N) is 1. The minimum atomic E-state index is -3.93. The monoisotopic (exact) mass is 409 g/mol. The van der Waals surface area contributed by atoms with Crippen LogP contribution in [0.2, 0.25) is 0 Å². The zero-order chi connectivity index (χ0) is 20.3. The summed E-state index contributed by atoms with van der Waals surface area (Å²) in [6.45, 7) is 2.98. The second-order valence-corrected chi connectivity index (χ2v) is 8.56. The Bertz CT molecular complexity index is 1030. The van der Waals surface area contributed by atoms with Crippen LogP contribution in [0.3, 0.4) is 0 Å². The Morgan fingerprint density at radius 2 is 1.52 bits per heavy atom. The van der Waals surface area contributed by atoms with Crippen LogP contribution in [0.25, 0.3) is 0 Å². The number of hydrogen-bond acceptors (Lipinski definition) is 4. The van der Waals surface area contributed by atoms with Gasteiger partial charge in [-0.25, -0.2) is 12.7 Å². The molecule has 0 spiro atoms. The third-order valence-corrected chi connectivity index (χ3v) is 6.54. The second kappa shape index (κ2) is 8.27. The van der Waals surface area contributed by atoms with Gasteiger partial charge in [-0.1, -0.05) is 55.5 Å². The zero-order valence-electron chi connectivity index (χ0n) is 16.2. The molecule has 29 heavy (non-hydrogen) atoms.